The van der Waals surface area contributed by atoms with Gasteiger partial charge in [-0.2, -0.15) is 4.98 Å². The molecule has 206 valence electrons. The molecule has 0 aliphatic carbocycles. The Kier molecular flexibility index (Phi) is 6.65. The summed E-state index contributed by atoms with van der Waals surface area (Å²) < 4.78 is 31.7. The van der Waals surface area contributed by atoms with Crippen LogP contribution in [0.15, 0.2) is 48.0 Å². The number of fused-ring (bicyclic) bond motifs is 1. The molecular formula is C27H25F2N7O4. The number of hydrogen-bond donors (Lipinski definition) is 1. The molecule has 4 heterocycles. The van der Waals surface area contributed by atoms with Gasteiger partial charge in [0.2, 0.25) is 5.91 Å². The van der Waals surface area contributed by atoms with Crippen molar-refractivity contribution in [1.82, 2.24) is 24.4 Å². The lowest BCUT2D eigenvalue weighted by molar-refractivity contribution is -0.569. The van der Waals surface area contributed by atoms with Crippen LogP contribution in [0.1, 0.15) is 18.3 Å². The number of carbonyl (C=O) groups is 1. The number of aryl methyl sites for hydroxylation is 2. The number of anilines is 1. The standard InChI is InChI=1S/C27H25F2N7O4/c1-5-21(38)33-9-10-34(14(2)12-33)25-17-11-19(29)24(22-18(28)7-6-8-20(22)37)36(40)26(17)35(27(39)32-25)23-15(3)30-13-31-16(23)4/h5-8,11,13-14,37H,1,9-10,12H2,2-4H3/t14-/m0/s1. The number of halogens is 2. The summed E-state index contributed by atoms with van der Waals surface area (Å²) in [6, 6.07) is 3.94. The Hall–Kier alpha value is -4.94. The Morgan fingerprint density at radius 1 is 1.20 bits per heavy atom. The summed E-state index contributed by atoms with van der Waals surface area (Å²) in [4.78, 5) is 41.7. The molecule has 1 atom stereocenters. The normalized spacial score (nSPS) is 15.5. The third-order valence-electron chi connectivity index (χ3n) is 7.01. The summed E-state index contributed by atoms with van der Waals surface area (Å²) >= 11 is 0. The maximum absolute atomic E-state index is 15.8. The van der Waals surface area contributed by atoms with E-state index in [1.165, 1.54) is 18.5 Å². The molecule has 1 aromatic carbocycles. The number of phenolic OH excluding ortho intramolecular Hbond substituents is 1. The third-order valence-corrected chi connectivity index (χ3v) is 7.01. The van der Waals surface area contributed by atoms with E-state index in [0.29, 0.717) is 11.4 Å². The molecule has 0 radical (unpaired) electrons. The van der Waals surface area contributed by atoms with Crippen molar-refractivity contribution in [3.8, 4) is 22.7 Å². The van der Waals surface area contributed by atoms with Crippen LogP contribution in [0.4, 0.5) is 14.6 Å². The SMILES string of the molecule is C=CC(=O)N1CCN(c2nc(=O)n(-c3c(C)ncnc3C)c3c2cc(F)c(-c2c(O)cccc2F)[n+]3[O-])[C@@H](C)C1. The second kappa shape index (κ2) is 9.98. The van der Waals surface area contributed by atoms with Crippen molar-refractivity contribution in [3.05, 3.63) is 82.0 Å². The van der Waals surface area contributed by atoms with Gasteiger partial charge in [-0.15, -0.1) is 4.57 Å². The molecule has 1 fully saturated rings. The van der Waals surface area contributed by atoms with Crippen LogP contribution in [0.25, 0.3) is 28.0 Å². The van der Waals surface area contributed by atoms with Gasteiger partial charge in [0.15, 0.2) is 23.0 Å². The smallest absolute Gasteiger partial charge is 0.442 e. The van der Waals surface area contributed by atoms with Gasteiger partial charge in [-0.3, -0.25) is 4.79 Å². The van der Waals surface area contributed by atoms with Crippen molar-refractivity contribution in [2.24, 2.45) is 0 Å². The van der Waals surface area contributed by atoms with E-state index in [2.05, 4.69) is 21.5 Å². The Morgan fingerprint density at radius 2 is 1.90 bits per heavy atom. The van der Waals surface area contributed by atoms with Crippen molar-refractivity contribution in [3.63, 3.8) is 0 Å². The Balaban J connectivity index is 1.86. The summed E-state index contributed by atoms with van der Waals surface area (Å²) in [5, 5.41) is 24.3. The van der Waals surface area contributed by atoms with Gasteiger partial charge in [0, 0.05) is 25.7 Å². The highest BCUT2D eigenvalue weighted by Gasteiger charge is 2.34. The third kappa shape index (κ3) is 4.19. The van der Waals surface area contributed by atoms with E-state index in [1.54, 1.807) is 30.6 Å². The van der Waals surface area contributed by atoms with E-state index in [4.69, 9.17) is 0 Å². The van der Waals surface area contributed by atoms with Crippen molar-refractivity contribution in [2.45, 2.75) is 26.8 Å². The average molecular weight is 550 g/mol. The van der Waals surface area contributed by atoms with Crippen molar-refractivity contribution in [1.29, 1.82) is 0 Å². The van der Waals surface area contributed by atoms with E-state index in [1.807, 2.05) is 0 Å². The number of amides is 1. The molecule has 0 unspecified atom stereocenters. The van der Waals surface area contributed by atoms with Crippen molar-refractivity contribution in [2.75, 3.05) is 24.5 Å². The van der Waals surface area contributed by atoms with Gasteiger partial charge in [0.1, 0.15) is 28.8 Å². The first kappa shape index (κ1) is 26.7. The predicted molar refractivity (Wildman–Crippen MR) is 142 cm³/mol. The Labute approximate surface area is 226 Å². The van der Waals surface area contributed by atoms with Crippen LogP contribution in [-0.4, -0.2) is 61.1 Å². The van der Waals surface area contributed by atoms with Crippen LogP contribution >= 0.6 is 0 Å². The fourth-order valence-corrected chi connectivity index (χ4v) is 5.14. The van der Waals surface area contributed by atoms with Crippen LogP contribution < -0.4 is 15.3 Å². The highest BCUT2D eigenvalue weighted by Crippen LogP contribution is 2.35. The minimum absolute atomic E-state index is 0.0226. The topological polar surface area (TPSA) is 131 Å². The minimum Gasteiger partial charge on any atom is -0.710 e. The molecule has 1 amide bonds. The summed E-state index contributed by atoms with van der Waals surface area (Å²) in [5.41, 5.74) is -1.85. The van der Waals surface area contributed by atoms with Gasteiger partial charge < -0.3 is 20.1 Å². The van der Waals surface area contributed by atoms with E-state index in [9.17, 15) is 24.3 Å². The molecule has 0 spiro atoms. The van der Waals surface area contributed by atoms with Crippen LogP contribution in [-0.2, 0) is 4.79 Å². The van der Waals surface area contributed by atoms with Gasteiger partial charge in [-0.05, 0) is 45.0 Å². The molecule has 1 N–H and O–H groups in total. The number of carbonyl (C=O) groups excluding carboxylic acids is 1. The summed E-state index contributed by atoms with van der Waals surface area (Å²) in [6.07, 6.45) is 2.50. The van der Waals surface area contributed by atoms with Crippen molar-refractivity contribution >= 4 is 22.8 Å². The second-order valence-electron chi connectivity index (χ2n) is 9.48. The predicted octanol–water partition coefficient (Wildman–Crippen LogP) is 2.30. The van der Waals surface area contributed by atoms with E-state index < -0.39 is 34.3 Å². The molecule has 1 aliphatic rings. The molecule has 0 bridgehead atoms. The van der Waals surface area contributed by atoms with Gasteiger partial charge >= 0.3 is 11.3 Å². The van der Waals surface area contributed by atoms with Gasteiger partial charge in [-0.1, -0.05) is 12.6 Å². The van der Waals surface area contributed by atoms with E-state index in [-0.39, 0.29) is 58.9 Å². The summed E-state index contributed by atoms with van der Waals surface area (Å²) in [5.74, 6) is -3.06. The molecule has 1 aliphatic heterocycles. The molecule has 5 rings (SSSR count). The number of aromatic nitrogens is 5. The number of piperazine rings is 1. The first-order valence-electron chi connectivity index (χ1n) is 12.4. The molecule has 0 saturated carbocycles. The highest BCUT2D eigenvalue weighted by molar-refractivity contribution is 5.89. The maximum Gasteiger partial charge on any atom is 0.442 e. The van der Waals surface area contributed by atoms with Gasteiger partial charge in [0.25, 0.3) is 0 Å². The molecule has 4 aromatic rings. The lowest BCUT2D eigenvalue weighted by Gasteiger charge is -2.40. The first-order chi connectivity index (χ1) is 19.0. The fraction of sp³-hybridized carbons (Fsp3) is 0.259. The van der Waals surface area contributed by atoms with Crippen LogP contribution in [0.5, 0.6) is 5.75 Å². The Bertz CT molecular complexity index is 1720. The lowest BCUT2D eigenvalue weighted by Crippen LogP contribution is -2.54. The van der Waals surface area contributed by atoms with E-state index >= 15 is 4.39 Å². The molecule has 40 heavy (non-hydrogen) atoms. The monoisotopic (exact) mass is 549 g/mol. The average Bonchev–Trinajstić information content (AvgIpc) is 2.90. The lowest BCUT2D eigenvalue weighted by atomic mass is 10.1. The molecule has 1 saturated heterocycles. The number of aromatic hydroxyl groups is 1. The van der Waals surface area contributed by atoms with Crippen LogP contribution in [0.2, 0.25) is 0 Å². The summed E-state index contributed by atoms with van der Waals surface area (Å²) in [7, 11) is 0. The fourth-order valence-electron chi connectivity index (χ4n) is 5.14. The number of benzene rings is 1. The summed E-state index contributed by atoms with van der Waals surface area (Å²) in [6.45, 7) is 9.30. The quantitative estimate of drug-likeness (QED) is 0.233. The largest absolute Gasteiger partial charge is 0.710 e. The zero-order valence-electron chi connectivity index (χ0n) is 21.9. The van der Waals surface area contributed by atoms with Gasteiger partial charge in [-0.25, -0.2) is 28.3 Å². The number of rotatable bonds is 4. The first-order valence-corrected chi connectivity index (χ1v) is 12.4. The van der Waals surface area contributed by atoms with Crippen LogP contribution in [0.3, 0.4) is 0 Å². The number of phenols is 1. The number of pyridine rings is 1. The molecular weight excluding hydrogens is 524 g/mol. The molecule has 13 heteroatoms. The number of nitrogens with zero attached hydrogens (tertiary/aromatic N) is 7. The van der Waals surface area contributed by atoms with Gasteiger partial charge in [0.05, 0.1) is 11.4 Å². The molecule has 3 aromatic heterocycles. The number of hydrogen-bond acceptors (Lipinski definition) is 8. The minimum atomic E-state index is -1.14. The Morgan fingerprint density at radius 3 is 2.52 bits per heavy atom. The van der Waals surface area contributed by atoms with Crippen molar-refractivity contribution < 1.29 is 23.4 Å². The molecule has 11 nitrogen and oxygen atoms in total. The zero-order chi connectivity index (χ0) is 28.9. The zero-order valence-corrected chi connectivity index (χ0v) is 21.9. The highest BCUT2D eigenvalue weighted by atomic mass is 19.1. The van der Waals surface area contributed by atoms with Crippen LogP contribution in [0, 0.1) is 30.7 Å². The second-order valence-corrected chi connectivity index (χ2v) is 9.48. The van der Waals surface area contributed by atoms with E-state index in [0.717, 1.165) is 22.8 Å². The maximum atomic E-state index is 15.8.